The van der Waals surface area contributed by atoms with E-state index in [4.69, 9.17) is 5.73 Å². The van der Waals surface area contributed by atoms with E-state index in [-0.39, 0.29) is 6.04 Å². The minimum atomic E-state index is 0.196. The minimum Gasteiger partial charge on any atom is -0.325 e. The topological polar surface area (TPSA) is 29.3 Å². The average Bonchev–Trinajstić information content (AvgIpc) is 1.79. The Bertz CT molecular complexity index is 95.4. The second-order valence-corrected chi connectivity index (χ2v) is 2.88. The Morgan fingerprint density at radius 1 is 1.50 bits per heavy atom. The Kier molecular flexibility index (Phi) is 5.26. The van der Waals surface area contributed by atoms with Crippen LogP contribution in [-0.4, -0.2) is 31.6 Å². The number of nitrogens with zero attached hydrogens (tertiary/aromatic N) is 1. The predicted molar refractivity (Wildman–Crippen MR) is 46.0 cm³/mol. The van der Waals surface area contributed by atoms with Crippen LogP contribution >= 0.6 is 0 Å². The van der Waals surface area contributed by atoms with Gasteiger partial charge in [0, 0.05) is 12.6 Å². The van der Waals surface area contributed by atoms with Crippen molar-refractivity contribution in [3.63, 3.8) is 0 Å². The Hall–Kier alpha value is -0.340. The molecule has 1 atom stereocenters. The number of rotatable bonds is 4. The van der Waals surface area contributed by atoms with Crippen LogP contribution in [0.15, 0.2) is 12.2 Å². The maximum atomic E-state index is 5.51. The Morgan fingerprint density at radius 3 is 2.50 bits per heavy atom. The first-order valence-corrected chi connectivity index (χ1v) is 3.70. The zero-order valence-electron chi connectivity index (χ0n) is 7.17. The summed E-state index contributed by atoms with van der Waals surface area (Å²) in [6.07, 6.45) is 5.25. The van der Waals surface area contributed by atoms with Gasteiger partial charge in [-0.2, -0.15) is 0 Å². The van der Waals surface area contributed by atoms with Gasteiger partial charge in [-0.1, -0.05) is 12.2 Å². The van der Waals surface area contributed by atoms with Crippen LogP contribution in [0, 0.1) is 0 Å². The first-order valence-electron chi connectivity index (χ1n) is 3.70. The molecule has 0 saturated heterocycles. The molecule has 0 aliphatic heterocycles. The van der Waals surface area contributed by atoms with Gasteiger partial charge in [0.25, 0.3) is 0 Å². The lowest BCUT2D eigenvalue weighted by molar-refractivity contribution is 0.417. The first kappa shape index (κ1) is 9.66. The van der Waals surface area contributed by atoms with Gasteiger partial charge < -0.3 is 10.6 Å². The van der Waals surface area contributed by atoms with E-state index in [2.05, 4.69) is 25.1 Å². The van der Waals surface area contributed by atoms with Gasteiger partial charge in [-0.05, 0) is 27.4 Å². The first-order chi connectivity index (χ1) is 4.63. The lowest BCUT2D eigenvalue weighted by atomic mass is 10.3. The fraction of sp³-hybridized carbons (Fsp3) is 0.750. The van der Waals surface area contributed by atoms with Gasteiger partial charge in [-0.25, -0.2) is 0 Å². The van der Waals surface area contributed by atoms with E-state index in [1.807, 2.05) is 13.0 Å². The van der Waals surface area contributed by atoms with Crippen LogP contribution < -0.4 is 5.73 Å². The predicted octanol–water partition coefficient (Wildman–Crippen LogP) is 0.841. The van der Waals surface area contributed by atoms with Crippen LogP contribution in [0.2, 0.25) is 0 Å². The van der Waals surface area contributed by atoms with Crippen molar-refractivity contribution in [2.45, 2.75) is 19.4 Å². The molecule has 0 aromatic carbocycles. The van der Waals surface area contributed by atoms with E-state index in [0.29, 0.717) is 0 Å². The average molecular weight is 142 g/mol. The third-order valence-electron chi connectivity index (χ3n) is 1.18. The highest BCUT2D eigenvalue weighted by atomic mass is 15.0. The van der Waals surface area contributed by atoms with Crippen molar-refractivity contribution in [3.05, 3.63) is 12.2 Å². The Morgan fingerprint density at radius 2 is 2.10 bits per heavy atom. The molecular formula is C8H18N2. The molecule has 0 saturated carbocycles. The van der Waals surface area contributed by atoms with Gasteiger partial charge in [-0.15, -0.1) is 0 Å². The third kappa shape index (κ3) is 7.66. The van der Waals surface area contributed by atoms with Crippen molar-refractivity contribution < 1.29 is 0 Å². The standard InChI is InChI=1S/C8H18N2/c1-8(9)6-4-5-7-10(2)3/h4,6,8H,5,7,9H2,1-3H3/b6-4+. The van der Waals surface area contributed by atoms with Gasteiger partial charge in [-0.3, -0.25) is 0 Å². The van der Waals surface area contributed by atoms with E-state index in [1.165, 1.54) is 0 Å². The molecule has 0 rings (SSSR count). The lowest BCUT2D eigenvalue weighted by Gasteiger charge is -2.05. The molecule has 0 bridgehead atoms. The summed E-state index contributed by atoms with van der Waals surface area (Å²) in [5.41, 5.74) is 5.51. The third-order valence-corrected chi connectivity index (χ3v) is 1.18. The molecule has 0 aliphatic rings. The summed E-state index contributed by atoms with van der Waals surface area (Å²) in [5, 5.41) is 0. The number of nitrogens with two attached hydrogens (primary N) is 1. The molecule has 2 nitrogen and oxygen atoms in total. The van der Waals surface area contributed by atoms with Crippen molar-refractivity contribution >= 4 is 0 Å². The fourth-order valence-corrected chi connectivity index (χ4v) is 0.644. The highest BCUT2D eigenvalue weighted by Crippen LogP contribution is 1.87. The smallest absolute Gasteiger partial charge is 0.0194 e. The van der Waals surface area contributed by atoms with Crippen molar-refractivity contribution in [1.29, 1.82) is 0 Å². The van der Waals surface area contributed by atoms with E-state index < -0.39 is 0 Å². The van der Waals surface area contributed by atoms with Gasteiger partial charge in [0.2, 0.25) is 0 Å². The highest BCUT2D eigenvalue weighted by Gasteiger charge is 1.86. The molecule has 0 aromatic rings. The maximum absolute atomic E-state index is 5.51. The van der Waals surface area contributed by atoms with Crippen LogP contribution in [0.4, 0.5) is 0 Å². The second-order valence-electron chi connectivity index (χ2n) is 2.88. The lowest BCUT2D eigenvalue weighted by Crippen LogP contribution is -2.13. The highest BCUT2D eigenvalue weighted by molar-refractivity contribution is 4.88. The molecule has 2 N–H and O–H groups in total. The van der Waals surface area contributed by atoms with Crippen LogP contribution in [0.5, 0.6) is 0 Å². The number of hydrogen-bond donors (Lipinski definition) is 1. The normalized spacial score (nSPS) is 14.9. The van der Waals surface area contributed by atoms with Crippen molar-refractivity contribution in [1.82, 2.24) is 4.90 Å². The molecule has 60 valence electrons. The van der Waals surface area contributed by atoms with E-state index in [0.717, 1.165) is 13.0 Å². The van der Waals surface area contributed by atoms with E-state index >= 15 is 0 Å². The number of hydrogen-bond acceptors (Lipinski definition) is 2. The fourth-order valence-electron chi connectivity index (χ4n) is 0.644. The van der Waals surface area contributed by atoms with Crippen LogP contribution in [0.3, 0.4) is 0 Å². The molecule has 10 heavy (non-hydrogen) atoms. The molecule has 0 spiro atoms. The molecule has 0 amide bonds. The molecule has 0 aliphatic carbocycles. The van der Waals surface area contributed by atoms with Crippen LogP contribution in [0.1, 0.15) is 13.3 Å². The van der Waals surface area contributed by atoms with Crippen molar-refractivity contribution in [3.8, 4) is 0 Å². The summed E-state index contributed by atoms with van der Waals surface area (Å²) in [4.78, 5) is 2.16. The summed E-state index contributed by atoms with van der Waals surface area (Å²) in [6.45, 7) is 3.08. The van der Waals surface area contributed by atoms with Gasteiger partial charge in [0.05, 0.1) is 0 Å². The summed E-state index contributed by atoms with van der Waals surface area (Å²) >= 11 is 0. The molecular weight excluding hydrogens is 124 g/mol. The molecule has 0 radical (unpaired) electrons. The summed E-state index contributed by atoms with van der Waals surface area (Å²) < 4.78 is 0. The molecule has 0 aromatic heterocycles. The molecule has 0 heterocycles. The SMILES string of the molecule is CC(N)/C=C/CCN(C)C. The molecule has 1 unspecified atom stereocenters. The molecule has 0 fully saturated rings. The molecule has 2 heteroatoms. The van der Waals surface area contributed by atoms with Crippen molar-refractivity contribution in [2.24, 2.45) is 5.73 Å². The van der Waals surface area contributed by atoms with Gasteiger partial charge in [0.15, 0.2) is 0 Å². The van der Waals surface area contributed by atoms with Gasteiger partial charge >= 0.3 is 0 Å². The Labute approximate surface area is 63.7 Å². The van der Waals surface area contributed by atoms with Crippen molar-refractivity contribution in [2.75, 3.05) is 20.6 Å². The minimum absolute atomic E-state index is 0.196. The van der Waals surface area contributed by atoms with Gasteiger partial charge in [0.1, 0.15) is 0 Å². The summed E-state index contributed by atoms with van der Waals surface area (Å²) in [5.74, 6) is 0. The van der Waals surface area contributed by atoms with Crippen LogP contribution in [0.25, 0.3) is 0 Å². The van der Waals surface area contributed by atoms with E-state index in [1.54, 1.807) is 0 Å². The second kappa shape index (κ2) is 5.45. The summed E-state index contributed by atoms with van der Waals surface area (Å²) in [6, 6.07) is 0.196. The maximum Gasteiger partial charge on any atom is 0.0194 e. The monoisotopic (exact) mass is 142 g/mol. The quantitative estimate of drug-likeness (QED) is 0.589. The summed E-state index contributed by atoms with van der Waals surface area (Å²) in [7, 11) is 4.14. The van der Waals surface area contributed by atoms with E-state index in [9.17, 15) is 0 Å². The largest absolute Gasteiger partial charge is 0.325 e. The zero-order valence-corrected chi connectivity index (χ0v) is 7.17. The van der Waals surface area contributed by atoms with Crippen LogP contribution in [-0.2, 0) is 0 Å². The zero-order chi connectivity index (χ0) is 7.98. The Balaban J connectivity index is 3.19.